The number of ether oxygens (including phenoxy) is 1. The number of amides is 1. The van der Waals surface area contributed by atoms with Crippen molar-refractivity contribution in [3.8, 4) is 0 Å². The van der Waals surface area contributed by atoms with Crippen LogP contribution >= 0.6 is 0 Å². The molecule has 23 heavy (non-hydrogen) atoms. The van der Waals surface area contributed by atoms with Gasteiger partial charge >= 0.3 is 0 Å². The van der Waals surface area contributed by atoms with Gasteiger partial charge in [-0.05, 0) is 22.4 Å². The molecule has 122 valence electrons. The molecule has 0 atom stereocenters. The highest BCUT2D eigenvalue weighted by Crippen LogP contribution is 2.17. The van der Waals surface area contributed by atoms with Crippen LogP contribution in [0.25, 0.3) is 10.8 Å². The molecule has 0 radical (unpaired) electrons. The number of carbonyl (C=O) groups excluding carboxylic acids is 1. The molecule has 0 aliphatic carbocycles. The van der Waals surface area contributed by atoms with Gasteiger partial charge in [-0.15, -0.1) is 0 Å². The third-order valence-corrected chi connectivity index (χ3v) is 4.47. The van der Waals surface area contributed by atoms with Gasteiger partial charge in [-0.2, -0.15) is 0 Å². The van der Waals surface area contributed by atoms with Crippen LogP contribution in [-0.4, -0.2) is 55.6 Å². The molecule has 0 spiro atoms. The summed E-state index contributed by atoms with van der Waals surface area (Å²) in [7, 11) is 1.67. The van der Waals surface area contributed by atoms with Gasteiger partial charge in [0.05, 0.1) is 6.61 Å². The fourth-order valence-corrected chi connectivity index (χ4v) is 3.10. The lowest BCUT2D eigenvalue weighted by atomic mass is 10.1. The second-order valence-electron chi connectivity index (χ2n) is 6.08. The fourth-order valence-electron chi connectivity index (χ4n) is 3.10. The topological polar surface area (TPSA) is 32.8 Å². The first-order valence-electron chi connectivity index (χ1n) is 8.23. The predicted molar refractivity (Wildman–Crippen MR) is 92.3 cm³/mol. The highest BCUT2D eigenvalue weighted by Gasteiger charge is 2.20. The lowest BCUT2D eigenvalue weighted by molar-refractivity contribution is -0.130. The van der Waals surface area contributed by atoms with Crippen molar-refractivity contribution in [2.45, 2.75) is 13.0 Å². The molecule has 0 bridgehead atoms. The first-order chi connectivity index (χ1) is 11.3. The Balaban J connectivity index is 1.64. The van der Waals surface area contributed by atoms with Crippen LogP contribution in [-0.2, 0) is 16.1 Å². The average Bonchev–Trinajstić information content (AvgIpc) is 2.75. The molecule has 4 nitrogen and oxygen atoms in total. The molecular weight excluding hydrogens is 288 g/mol. The van der Waals surface area contributed by atoms with E-state index in [0.29, 0.717) is 19.6 Å². The Morgan fingerprint density at radius 3 is 2.70 bits per heavy atom. The molecule has 4 heteroatoms. The lowest BCUT2D eigenvalue weighted by Gasteiger charge is -2.22. The molecule has 1 aliphatic rings. The molecule has 2 aromatic rings. The lowest BCUT2D eigenvalue weighted by Crippen LogP contribution is -2.35. The van der Waals surface area contributed by atoms with Crippen LogP contribution in [0.5, 0.6) is 0 Å². The summed E-state index contributed by atoms with van der Waals surface area (Å²) < 4.78 is 5.09. The summed E-state index contributed by atoms with van der Waals surface area (Å²) in [6.07, 6.45) is 0.595. The minimum atomic E-state index is 0.239. The van der Waals surface area contributed by atoms with E-state index in [1.54, 1.807) is 7.11 Å². The van der Waals surface area contributed by atoms with E-state index in [1.165, 1.54) is 16.3 Å². The normalized spacial score (nSPS) is 16.7. The summed E-state index contributed by atoms with van der Waals surface area (Å²) in [6, 6.07) is 15.1. The SMILES string of the molecule is COCCN1CCN(Cc2ccc3ccccc3c2)CCC1=O. The Labute approximate surface area is 137 Å². The first kappa shape index (κ1) is 16.0. The molecule has 3 rings (SSSR count). The van der Waals surface area contributed by atoms with Crippen molar-refractivity contribution >= 4 is 16.7 Å². The molecule has 1 fully saturated rings. The van der Waals surface area contributed by atoms with Crippen LogP contribution in [0.1, 0.15) is 12.0 Å². The minimum absolute atomic E-state index is 0.239. The van der Waals surface area contributed by atoms with Crippen LogP contribution in [0.4, 0.5) is 0 Å². The van der Waals surface area contributed by atoms with Crippen LogP contribution in [0.3, 0.4) is 0 Å². The Bertz CT molecular complexity index is 671. The van der Waals surface area contributed by atoms with Gasteiger partial charge in [0.15, 0.2) is 0 Å². The molecule has 1 heterocycles. The van der Waals surface area contributed by atoms with Crippen molar-refractivity contribution in [3.05, 3.63) is 48.0 Å². The summed E-state index contributed by atoms with van der Waals surface area (Å²) in [6.45, 7) is 4.74. The summed E-state index contributed by atoms with van der Waals surface area (Å²) in [4.78, 5) is 16.4. The van der Waals surface area contributed by atoms with Gasteiger partial charge in [-0.1, -0.05) is 36.4 Å². The van der Waals surface area contributed by atoms with E-state index in [4.69, 9.17) is 4.74 Å². The van der Waals surface area contributed by atoms with Gasteiger partial charge in [-0.25, -0.2) is 0 Å². The quantitative estimate of drug-likeness (QED) is 0.850. The minimum Gasteiger partial charge on any atom is -0.383 e. The average molecular weight is 312 g/mol. The first-order valence-corrected chi connectivity index (χ1v) is 8.23. The van der Waals surface area contributed by atoms with Gasteiger partial charge in [-0.3, -0.25) is 9.69 Å². The van der Waals surface area contributed by atoms with Gasteiger partial charge in [0.25, 0.3) is 0 Å². The largest absolute Gasteiger partial charge is 0.383 e. The molecule has 0 unspecified atom stereocenters. The molecular formula is C19H24N2O2. The van der Waals surface area contributed by atoms with E-state index in [9.17, 15) is 4.79 Å². The van der Waals surface area contributed by atoms with Crippen LogP contribution in [0.15, 0.2) is 42.5 Å². The highest BCUT2D eigenvalue weighted by atomic mass is 16.5. The molecule has 0 aromatic heterocycles. The maximum atomic E-state index is 12.1. The summed E-state index contributed by atoms with van der Waals surface area (Å²) in [5.41, 5.74) is 1.31. The van der Waals surface area contributed by atoms with Crippen molar-refractivity contribution < 1.29 is 9.53 Å². The molecule has 1 aliphatic heterocycles. The Kier molecular flexibility index (Phi) is 5.26. The van der Waals surface area contributed by atoms with Crippen LogP contribution in [0, 0.1) is 0 Å². The number of hydrogen-bond acceptors (Lipinski definition) is 3. The Morgan fingerprint density at radius 1 is 1.04 bits per heavy atom. The number of methoxy groups -OCH3 is 1. The van der Waals surface area contributed by atoms with Gasteiger partial charge in [0, 0.05) is 46.3 Å². The second kappa shape index (κ2) is 7.57. The van der Waals surface area contributed by atoms with Crippen molar-refractivity contribution in [1.82, 2.24) is 9.80 Å². The van der Waals surface area contributed by atoms with Crippen molar-refractivity contribution in [1.29, 1.82) is 0 Å². The maximum absolute atomic E-state index is 12.1. The molecule has 1 amide bonds. The fraction of sp³-hybridized carbons (Fsp3) is 0.421. The standard InChI is InChI=1S/C19H24N2O2/c1-23-13-12-21-11-10-20(9-8-19(21)22)15-16-6-7-17-4-2-3-5-18(17)14-16/h2-7,14H,8-13,15H2,1H3. The number of fused-ring (bicyclic) bond motifs is 1. The van der Waals surface area contributed by atoms with E-state index in [-0.39, 0.29) is 5.91 Å². The molecule has 0 saturated carbocycles. The van der Waals surface area contributed by atoms with E-state index in [2.05, 4.69) is 47.4 Å². The van der Waals surface area contributed by atoms with E-state index >= 15 is 0 Å². The van der Waals surface area contributed by atoms with E-state index in [0.717, 1.165) is 26.2 Å². The van der Waals surface area contributed by atoms with Gasteiger partial charge in [0.2, 0.25) is 5.91 Å². The smallest absolute Gasteiger partial charge is 0.223 e. The number of benzene rings is 2. The zero-order valence-electron chi connectivity index (χ0n) is 13.7. The van der Waals surface area contributed by atoms with Crippen LogP contribution in [0.2, 0.25) is 0 Å². The zero-order chi connectivity index (χ0) is 16.1. The molecule has 2 aromatic carbocycles. The number of hydrogen-bond donors (Lipinski definition) is 0. The number of carbonyl (C=O) groups is 1. The van der Waals surface area contributed by atoms with E-state index < -0.39 is 0 Å². The van der Waals surface area contributed by atoms with Gasteiger partial charge in [0.1, 0.15) is 0 Å². The summed E-state index contributed by atoms with van der Waals surface area (Å²) in [5.74, 6) is 0.239. The van der Waals surface area contributed by atoms with Crippen molar-refractivity contribution in [2.75, 3.05) is 39.9 Å². The summed E-state index contributed by atoms with van der Waals surface area (Å²) >= 11 is 0. The summed E-state index contributed by atoms with van der Waals surface area (Å²) in [5, 5.41) is 2.55. The maximum Gasteiger partial charge on any atom is 0.223 e. The number of rotatable bonds is 5. The Morgan fingerprint density at radius 2 is 1.87 bits per heavy atom. The number of nitrogens with zero attached hydrogens (tertiary/aromatic N) is 2. The monoisotopic (exact) mass is 312 g/mol. The van der Waals surface area contributed by atoms with Crippen LogP contribution < -0.4 is 0 Å². The third-order valence-electron chi connectivity index (χ3n) is 4.47. The van der Waals surface area contributed by atoms with Crippen molar-refractivity contribution in [2.24, 2.45) is 0 Å². The zero-order valence-corrected chi connectivity index (χ0v) is 13.7. The van der Waals surface area contributed by atoms with Crippen molar-refractivity contribution in [3.63, 3.8) is 0 Å². The Hall–Kier alpha value is -1.91. The third kappa shape index (κ3) is 4.09. The highest BCUT2D eigenvalue weighted by molar-refractivity contribution is 5.83. The van der Waals surface area contributed by atoms with E-state index in [1.807, 2.05) is 4.90 Å². The molecule has 0 N–H and O–H groups in total. The second-order valence-corrected chi connectivity index (χ2v) is 6.08. The van der Waals surface area contributed by atoms with Gasteiger partial charge < -0.3 is 9.64 Å². The molecule has 1 saturated heterocycles. The predicted octanol–water partition coefficient (Wildman–Crippen LogP) is 2.52.